The van der Waals surface area contributed by atoms with E-state index in [1.54, 1.807) is 0 Å². The predicted molar refractivity (Wildman–Crippen MR) is 93.9 cm³/mol. The van der Waals surface area contributed by atoms with Crippen LogP contribution in [-0.2, 0) is 5.60 Å². The van der Waals surface area contributed by atoms with Crippen LogP contribution in [0.25, 0.3) is 0 Å². The van der Waals surface area contributed by atoms with E-state index in [4.69, 9.17) is 4.74 Å². The molecule has 1 fully saturated rings. The molecule has 0 aromatic heterocycles. The zero-order valence-electron chi connectivity index (χ0n) is 12.4. The molecular weight excluding hydrogens is 312 g/mol. The van der Waals surface area contributed by atoms with Crippen molar-refractivity contribution < 1.29 is 9.84 Å². The Morgan fingerprint density at radius 1 is 0.909 bits per heavy atom. The van der Waals surface area contributed by atoms with Crippen molar-refractivity contribution in [1.29, 1.82) is 0 Å². The van der Waals surface area contributed by atoms with Gasteiger partial charge in [0.25, 0.3) is 0 Å². The summed E-state index contributed by atoms with van der Waals surface area (Å²) in [5.74, 6) is 3.68. The standard InChI is InChI=1S/C18H18O2S2/c1-17(21-11-6-12-22-17)18(19)13-7-2-4-9-15(13)20-16-10-5-3-8-14(16)18/h2-5,7-10,19H,6,11-12H2,1H3. The van der Waals surface area contributed by atoms with Crippen molar-refractivity contribution in [1.82, 2.24) is 0 Å². The molecule has 2 aliphatic rings. The van der Waals surface area contributed by atoms with Gasteiger partial charge in [-0.25, -0.2) is 0 Å². The van der Waals surface area contributed by atoms with Crippen LogP contribution in [0.5, 0.6) is 11.5 Å². The van der Waals surface area contributed by atoms with Gasteiger partial charge in [0, 0.05) is 11.1 Å². The second-order valence-electron chi connectivity index (χ2n) is 5.80. The van der Waals surface area contributed by atoms with Gasteiger partial charge < -0.3 is 9.84 Å². The van der Waals surface area contributed by atoms with Gasteiger partial charge in [0.1, 0.15) is 17.1 Å². The SMILES string of the molecule is CC1(C2(O)c3ccccc3Oc3ccccc32)SCCCS1. The van der Waals surface area contributed by atoms with Crippen molar-refractivity contribution in [2.24, 2.45) is 0 Å². The quantitative estimate of drug-likeness (QED) is 0.826. The Labute approximate surface area is 139 Å². The molecule has 0 atom stereocenters. The number of ether oxygens (including phenoxy) is 1. The highest BCUT2D eigenvalue weighted by molar-refractivity contribution is 8.18. The molecule has 4 heteroatoms. The van der Waals surface area contributed by atoms with Crippen LogP contribution in [-0.4, -0.2) is 20.7 Å². The lowest BCUT2D eigenvalue weighted by Gasteiger charge is -2.49. The molecule has 0 radical (unpaired) electrons. The van der Waals surface area contributed by atoms with Gasteiger partial charge in [-0.15, -0.1) is 23.5 Å². The Bertz CT molecular complexity index is 662. The van der Waals surface area contributed by atoms with Crippen molar-refractivity contribution in [2.75, 3.05) is 11.5 Å². The number of para-hydroxylation sites is 2. The normalized spacial score (nSPS) is 21.4. The van der Waals surface area contributed by atoms with Gasteiger partial charge in [0.05, 0.1) is 4.08 Å². The zero-order valence-corrected chi connectivity index (χ0v) is 14.0. The third-order valence-corrected chi connectivity index (χ3v) is 7.86. The van der Waals surface area contributed by atoms with E-state index in [-0.39, 0.29) is 4.08 Å². The summed E-state index contributed by atoms with van der Waals surface area (Å²) in [6, 6.07) is 15.7. The molecule has 0 amide bonds. The maximum absolute atomic E-state index is 11.9. The fourth-order valence-corrected chi connectivity index (χ4v) is 6.54. The van der Waals surface area contributed by atoms with E-state index in [2.05, 4.69) is 6.92 Å². The number of hydrogen-bond acceptors (Lipinski definition) is 4. The molecule has 2 nitrogen and oxygen atoms in total. The van der Waals surface area contributed by atoms with E-state index < -0.39 is 5.60 Å². The Hall–Kier alpha value is -1.10. The molecule has 0 aliphatic carbocycles. The maximum atomic E-state index is 11.9. The van der Waals surface area contributed by atoms with Crippen LogP contribution in [0.15, 0.2) is 48.5 Å². The highest BCUT2D eigenvalue weighted by Gasteiger charge is 2.55. The first-order valence-corrected chi connectivity index (χ1v) is 9.49. The smallest absolute Gasteiger partial charge is 0.145 e. The number of fused-ring (bicyclic) bond motifs is 2. The number of aliphatic hydroxyl groups is 1. The summed E-state index contributed by atoms with van der Waals surface area (Å²) < 4.78 is 5.71. The minimum absolute atomic E-state index is 0.318. The molecule has 0 spiro atoms. The van der Waals surface area contributed by atoms with Gasteiger partial charge in [-0.1, -0.05) is 36.4 Å². The first-order valence-electron chi connectivity index (χ1n) is 7.52. The topological polar surface area (TPSA) is 29.5 Å². The van der Waals surface area contributed by atoms with Crippen molar-refractivity contribution in [2.45, 2.75) is 23.0 Å². The minimum Gasteiger partial charge on any atom is -0.457 e. The van der Waals surface area contributed by atoms with Crippen LogP contribution in [0.1, 0.15) is 24.5 Å². The van der Waals surface area contributed by atoms with Gasteiger partial charge in [-0.05, 0) is 37.0 Å². The highest BCUT2D eigenvalue weighted by atomic mass is 32.2. The Balaban J connectivity index is 1.98. The summed E-state index contributed by atoms with van der Waals surface area (Å²) >= 11 is 3.71. The third-order valence-electron chi connectivity index (χ3n) is 4.47. The molecule has 0 saturated carbocycles. The highest BCUT2D eigenvalue weighted by Crippen LogP contribution is 2.60. The van der Waals surface area contributed by atoms with Gasteiger partial charge >= 0.3 is 0 Å². The lowest BCUT2D eigenvalue weighted by molar-refractivity contribution is 0.0613. The molecule has 2 heterocycles. The largest absolute Gasteiger partial charge is 0.457 e. The maximum Gasteiger partial charge on any atom is 0.145 e. The summed E-state index contributed by atoms with van der Waals surface area (Å²) in [5, 5.41) is 11.9. The number of benzene rings is 2. The van der Waals surface area contributed by atoms with Gasteiger partial charge in [0.2, 0.25) is 0 Å². The monoisotopic (exact) mass is 330 g/mol. The first kappa shape index (κ1) is 14.5. The first-order chi connectivity index (χ1) is 10.7. The summed E-state index contributed by atoms with van der Waals surface area (Å²) in [7, 11) is 0. The summed E-state index contributed by atoms with van der Waals surface area (Å²) in [6.07, 6.45) is 1.20. The minimum atomic E-state index is -1.05. The molecule has 0 unspecified atom stereocenters. The van der Waals surface area contributed by atoms with Crippen molar-refractivity contribution in [3.05, 3.63) is 59.7 Å². The lowest BCUT2D eigenvalue weighted by Crippen LogP contribution is -2.49. The van der Waals surface area contributed by atoms with E-state index in [0.29, 0.717) is 0 Å². The van der Waals surface area contributed by atoms with E-state index in [1.165, 1.54) is 6.42 Å². The molecule has 1 N–H and O–H groups in total. The van der Waals surface area contributed by atoms with Crippen LogP contribution >= 0.6 is 23.5 Å². The third kappa shape index (κ3) is 1.94. The van der Waals surface area contributed by atoms with Crippen LogP contribution in [0, 0.1) is 0 Å². The molecule has 1 saturated heterocycles. The molecule has 4 rings (SSSR count). The Morgan fingerprint density at radius 3 is 1.95 bits per heavy atom. The second-order valence-corrected chi connectivity index (χ2v) is 9.09. The van der Waals surface area contributed by atoms with Crippen LogP contribution < -0.4 is 4.74 Å². The molecule has 2 aliphatic heterocycles. The number of thioether (sulfide) groups is 2. The molecular formula is C18H18O2S2. The molecule has 22 heavy (non-hydrogen) atoms. The summed E-state index contributed by atoms with van der Waals surface area (Å²) in [6.45, 7) is 2.17. The van der Waals surface area contributed by atoms with Crippen molar-refractivity contribution in [3.63, 3.8) is 0 Å². The second kappa shape index (κ2) is 5.22. The van der Waals surface area contributed by atoms with E-state index in [1.807, 2.05) is 72.1 Å². The average Bonchev–Trinajstić information content (AvgIpc) is 2.56. The Morgan fingerprint density at radius 2 is 1.41 bits per heavy atom. The van der Waals surface area contributed by atoms with E-state index >= 15 is 0 Å². The van der Waals surface area contributed by atoms with Crippen LogP contribution in [0.3, 0.4) is 0 Å². The molecule has 0 bridgehead atoms. The molecule has 2 aromatic carbocycles. The van der Waals surface area contributed by atoms with E-state index in [9.17, 15) is 5.11 Å². The Kier molecular flexibility index (Phi) is 3.44. The van der Waals surface area contributed by atoms with Crippen LogP contribution in [0.2, 0.25) is 0 Å². The van der Waals surface area contributed by atoms with E-state index in [0.717, 1.165) is 34.1 Å². The molecule has 114 valence electrons. The lowest BCUT2D eigenvalue weighted by atomic mass is 9.80. The zero-order chi connectivity index (χ0) is 15.2. The van der Waals surface area contributed by atoms with Gasteiger partial charge in [-0.3, -0.25) is 0 Å². The average molecular weight is 330 g/mol. The fourth-order valence-electron chi connectivity index (χ4n) is 3.31. The predicted octanol–water partition coefficient (Wildman–Crippen LogP) is 4.61. The van der Waals surface area contributed by atoms with Gasteiger partial charge in [0.15, 0.2) is 0 Å². The fraction of sp³-hybridized carbons (Fsp3) is 0.333. The van der Waals surface area contributed by atoms with Crippen LogP contribution in [0.4, 0.5) is 0 Å². The summed E-state index contributed by atoms with van der Waals surface area (Å²) in [5.41, 5.74) is 0.699. The molecule has 2 aromatic rings. The number of rotatable bonds is 1. The summed E-state index contributed by atoms with van der Waals surface area (Å²) in [4.78, 5) is 0. The van der Waals surface area contributed by atoms with Crippen molar-refractivity contribution >= 4 is 23.5 Å². The number of hydrogen-bond donors (Lipinski definition) is 1. The van der Waals surface area contributed by atoms with Crippen molar-refractivity contribution in [3.8, 4) is 11.5 Å². The van der Waals surface area contributed by atoms with Gasteiger partial charge in [-0.2, -0.15) is 0 Å².